The van der Waals surface area contributed by atoms with Crippen LogP contribution in [-0.2, 0) is 4.74 Å². The summed E-state index contributed by atoms with van der Waals surface area (Å²) in [6, 6.07) is 0. The Labute approximate surface area is 110 Å². The molecule has 0 spiro atoms. The van der Waals surface area contributed by atoms with Gasteiger partial charge in [-0.15, -0.1) is 0 Å². The predicted molar refractivity (Wildman–Crippen MR) is 75.1 cm³/mol. The molecule has 0 bridgehead atoms. The predicted octanol–water partition coefficient (Wildman–Crippen LogP) is 2.73. The highest BCUT2D eigenvalue weighted by molar-refractivity contribution is 5.14. The van der Waals surface area contributed by atoms with Crippen molar-refractivity contribution >= 4 is 0 Å². The van der Waals surface area contributed by atoms with Gasteiger partial charge in [0.2, 0.25) is 0 Å². The monoisotopic (exact) mass is 252 g/mol. The molecule has 0 amide bonds. The Morgan fingerprint density at radius 1 is 1.06 bits per heavy atom. The van der Waals surface area contributed by atoms with Crippen LogP contribution in [0.1, 0.15) is 26.2 Å². The molecule has 2 N–H and O–H groups in total. The van der Waals surface area contributed by atoms with Gasteiger partial charge in [0.05, 0.1) is 12.9 Å². The van der Waals surface area contributed by atoms with Gasteiger partial charge in [0.25, 0.3) is 0 Å². The van der Waals surface area contributed by atoms with Gasteiger partial charge in [-0.1, -0.05) is 56.2 Å². The highest BCUT2D eigenvalue weighted by Crippen LogP contribution is 1.95. The number of aliphatic hydroxyl groups is 2. The molecule has 18 heavy (non-hydrogen) atoms. The standard InChI is InChI=1S/C15H24O3/c1-2-3-4-5-6-7-8-9-10-11-12-18-14-15(17)13-16/h5-12,15-17H,2-4,13-14H2,1H3/b6-5+,8-7+,10-9+,12-11+. The summed E-state index contributed by atoms with van der Waals surface area (Å²) in [5.74, 6) is 0. The van der Waals surface area contributed by atoms with Crippen molar-refractivity contribution in [1.82, 2.24) is 0 Å². The lowest BCUT2D eigenvalue weighted by atomic mass is 10.2. The highest BCUT2D eigenvalue weighted by atomic mass is 16.5. The molecule has 1 unspecified atom stereocenters. The second-order valence-corrected chi connectivity index (χ2v) is 3.84. The normalized spacial score (nSPS) is 14.4. The van der Waals surface area contributed by atoms with Gasteiger partial charge in [0.1, 0.15) is 12.7 Å². The molecule has 0 fully saturated rings. The number of aliphatic hydroxyl groups excluding tert-OH is 2. The molecule has 0 saturated carbocycles. The molecule has 1 atom stereocenters. The molecular formula is C15H24O3. The van der Waals surface area contributed by atoms with E-state index < -0.39 is 6.10 Å². The SMILES string of the molecule is CCCC/C=C/C=C/C=C/C=C/OCC(O)CO. The summed E-state index contributed by atoms with van der Waals surface area (Å²) in [5, 5.41) is 17.5. The van der Waals surface area contributed by atoms with Crippen molar-refractivity contribution in [1.29, 1.82) is 0 Å². The maximum Gasteiger partial charge on any atom is 0.115 e. The van der Waals surface area contributed by atoms with Crippen LogP contribution in [0, 0.1) is 0 Å². The molecule has 3 heteroatoms. The van der Waals surface area contributed by atoms with Crippen LogP contribution in [0.5, 0.6) is 0 Å². The van der Waals surface area contributed by atoms with Crippen LogP contribution >= 0.6 is 0 Å². The summed E-state index contributed by atoms with van der Waals surface area (Å²) in [4.78, 5) is 0. The van der Waals surface area contributed by atoms with E-state index in [0.717, 1.165) is 6.42 Å². The highest BCUT2D eigenvalue weighted by Gasteiger charge is 1.98. The summed E-state index contributed by atoms with van der Waals surface area (Å²) in [7, 11) is 0. The smallest absolute Gasteiger partial charge is 0.115 e. The molecule has 0 rings (SSSR count). The number of rotatable bonds is 10. The second-order valence-electron chi connectivity index (χ2n) is 3.84. The quantitative estimate of drug-likeness (QED) is 0.357. The maximum absolute atomic E-state index is 8.97. The Hall–Kier alpha value is -1.32. The van der Waals surface area contributed by atoms with Crippen molar-refractivity contribution in [2.75, 3.05) is 13.2 Å². The Morgan fingerprint density at radius 3 is 2.39 bits per heavy atom. The topological polar surface area (TPSA) is 49.7 Å². The summed E-state index contributed by atoms with van der Waals surface area (Å²) in [5.41, 5.74) is 0. The molecule has 0 heterocycles. The minimum absolute atomic E-state index is 0.108. The first-order chi connectivity index (χ1) is 8.81. The van der Waals surface area contributed by atoms with E-state index in [-0.39, 0.29) is 13.2 Å². The second kappa shape index (κ2) is 13.7. The molecule has 0 aliphatic heterocycles. The maximum atomic E-state index is 8.97. The Bertz CT molecular complexity index is 277. The minimum Gasteiger partial charge on any atom is -0.498 e. The molecule has 0 saturated heterocycles. The summed E-state index contributed by atoms with van der Waals surface area (Å²) >= 11 is 0. The van der Waals surface area contributed by atoms with Gasteiger partial charge in [-0.3, -0.25) is 0 Å². The van der Waals surface area contributed by atoms with E-state index in [1.54, 1.807) is 6.08 Å². The first-order valence-corrected chi connectivity index (χ1v) is 6.36. The van der Waals surface area contributed by atoms with Crippen molar-refractivity contribution in [3.63, 3.8) is 0 Å². The van der Waals surface area contributed by atoms with E-state index in [2.05, 4.69) is 13.0 Å². The van der Waals surface area contributed by atoms with Gasteiger partial charge in [0.15, 0.2) is 0 Å². The van der Waals surface area contributed by atoms with Crippen molar-refractivity contribution in [2.45, 2.75) is 32.3 Å². The summed E-state index contributed by atoms with van der Waals surface area (Å²) in [6.45, 7) is 2.01. The Kier molecular flexibility index (Phi) is 12.7. The molecule has 102 valence electrons. The van der Waals surface area contributed by atoms with Crippen LogP contribution in [-0.4, -0.2) is 29.5 Å². The zero-order valence-electron chi connectivity index (χ0n) is 11.0. The van der Waals surface area contributed by atoms with Gasteiger partial charge >= 0.3 is 0 Å². The van der Waals surface area contributed by atoms with E-state index in [0.29, 0.717) is 0 Å². The van der Waals surface area contributed by atoms with Crippen LogP contribution in [0.25, 0.3) is 0 Å². The van der Waals surface area contributed by atoms with Gasteiger partial charge in [-0.2, -0.15) is 0 Å². The molecule has 0 aliphatic rings. The van der Waals surface area contributed by atoms with E-state index in [1.165, 1.54) is 19.1 Å². The molecule has 0 radical (unpaired) electrons. The third-order valence-corrected chi connectivity index (χ3v) is 2.09. The van der Waals surface area contributed by atoms with Gasteiger partial charge < -0.3 is 14.9 Å². The van der Waals surface area contributed by atoms with E-state index in [1.807, 2.05) is 30.4 Å². The number of ether oxygens (including phenoxy) is 1. The first-order valence-electron chi connectivity index (χ1n) is 6.36. The van der Waals surface area contributed by atoms with Crippen LogP contribution in [0.2, 0.25) is 0 Å². The van der Waals surface area contributed by atoms with Crippen LogP contribution < -0.4 is 0 Å². The fourth-order valence-corrected chi connectivity index (χ4v) is 1.07. The average Bonchev–Trinajstić information content (AvgIpc) is 2.39. The number of hydrogen-bond acceptors (Lipinski definition) is 3. The van der Waals surface area contributed by atoms with E-state index in [9.17, 15) is 0 Å². The number of unbranched alkanes of at least 4 members (excludes halogenated alkanes) is 2. The molecule has 0 aromatic rings. The van der Waals surface area contributed by atoms with Crippen LogP contribution in [0.3, 0.4) is 0 Å². The summed E-state index contributed by atoms with van der Waals surface area (Å²) < 4.78 is 4.98. The molecule has 3 nitrogen and oxygen atoms in total. The number of hydrogen-bond donors (Lipinski definition) is 2. The van der Waals surface area contributed by atoms with Crippen molar-refractivity contribution in [2.24, 2.45) is 0 Å². The zero-order chi connectivity index (χ0) is 13.5. The van der Waals surface area contributed by atoms with E-state index >= 15 is 0 Å². The Morgan fingerprint density at radius 2 is 1.72 bits per heavy atom. The van der Waals surface area contributed by atoms with Crippen LogP contribution in [0.15, 0.2) is 48.8 Å². The lowest BCUT2D eigenvalue weighted by Crippen LogP contribution is -2.17. The van der Waals surface area contributed by atoms with Crippen molar-refractivity contribution in [3.05, 3.63) is 48.8 Å². The van der Waals surface area contributed by atoms with Crippen molar-refractivity contribution in [3.8, 4) is 0 Å². The molecule has 0 aliphatic carbocycles. The summed E-state index contributed by atoms with van der Waals surface area (Å²) in [6.07, 6.45) is 17.8. The molecule has 0 aromatic heterocycles. The fourth-order valence-electron chi connectivity index (χ4n) is 1.07. The van der Waals surface area contributed by atoms with Crippen LogP contribution in [0.4, 0.5) is 0 Å². The number of allylic oxidation sites excluding steroid dienone is 7. The van der Waals surface area contributed by atoms with Gasteiger partial charge in [-0.25, -0.2) is 0 Å². The molecule has 0 aromatic carbocycles. The zero-order valence-corrected chi connectivity index (χ0v) is 11.0. The average molecular weight is 252 g/mol. The Balaban J connectivity index is 3.54. The first kappa shape index (κ1) is 16.7. The third kappa shape index (κ3) is 12.7. The van der Waals surface area contributed by atoms with Gasteiger partial charge in [-0.05, 0) is 12.5 Å². The lowest BCUT2D eigenvalue weighted by molar-refractivity contribution is 0.0384. The fraction of sp³-hybridized carbons (Fsp3) is 0.467. The lowest BCUT2D eigenvalue weighted by Gasteiger charge is -2.04. The van der Waals surface area contributed by atoms with Crippen molar-refractivity contribution < 1.29 is 14.9 Å². The minimum atomic E-state index is -0.813. The van der Waals surface area contributed by atoms with E-state index in [4.69, 9.17) is 14.9 Å². The third-order valence-electron chi connectivity index (χ3n) is 2.09. The molecular weight excluding hydrogens is 228 g/mol. The largest absolute Gasteiger partial charge is 0.498 e. The van der Waals surface area contributed by atoms with Gasteiger partial charge in [0, 0.05) is 0 Å².